The molecule has 3 nitrogen and oxygen atoms in total. The lowest BCUT2D eigenvalue weighted by Gasteiger charge is -2.08. The molecule has 0 aliphatic heterocycles. The van der Waals surface area contributed by atoms with Gasteiger partial charge in [0.15, 0.2) is 0 Å². The van der Waals surface area contributed by atoms with E-state index in [0.29, 0.717) is 11.5 Å². The number of hydrogen-bond donors (Lipinski definition) is 1. The number of benzene rings is 1. The highest BCUT2D eigenvalue weighted by Crippen LogP contribution is 2.42. The number of carbonyl (C=O) groups excluding carboxylic acids is 1. The Bertz CT molecular complexity index is 380. The SMILES string of the molecule is COC(=O)c1ccc(CO)c(C2CC2)c1. The van der Waals surface area contributed by atoms with Crippen molar-refractivity contribution in [3.63, 3.8) is 0 Å². The molecule has 2 rings (SSSR count). The van der Waals surface area contributed by atoms with Crippen molar-refractivity contribution in [2.75, 3.05) is 7.11 Å². The summed E-state index contributed by atoms with van der Waals surface area (Å²) in [5, 5.41) is 9.17. The number of carbonyl (C=O) groups is 1. The number of ether oxygens (including phenoxy) is 1. The van der Waals surface area contributed by atoms with Gasteiger partial charge in [-0.15, -0.1) is 0 Å². The van der Waals surface area contributed by atoms with Crippen molar-refractivity contribution in [3.8, 4) is 0 Å². The molecule has 15 heavy (non-hydrogen) atoms. The van der Waals surface area contributed by atoms with Crippen LogP contribution in [0.3, 0.4) is 0 Å². The van der Waals surface area contributed by atoms with Gasteiger partial charge in [0.2, 0.25) is 0 Å². The van der Waals surface area contributed by atoms with Crippen LogP contribution in [0.4, 0.5) is 0 Å². The Kier molecular flexibility index (Phi) is 2.73. The van der Waals surface area contributed by atoms with Gasteiger partial charge in [-0.25, -0.2) is 4.79 Å². The van der Waals surface area contributed by atoms with E-state index >= 15 is 0 Å². The van der Waals surface area contributed by atoms with Crippen LogP contribution in [0, 0.1) is 0 Å². The van der Waals surface area contributed by atoms with Gasteiger partial charge in [-0.3, -0.25) is 0 Å². The zero-order chi connectivity index (χ0) is 10.8. The quantitative estimate of drug-likeness (QED) is 0.767. The Morgan fingerprint density at radius 1 is 1.53 bits per heavy atom. The van der Waals surface area contributed by atoms with Gasteiger partial charge in [0.25, 0.3) is 0 Å². The fourth-order valence-electron chi connectivity index (χ4n) is 1.76. The van der Waals surface area contributed by atoms with Gasteiger partial charge in [0.05, 0.1) is 19.3 Å². The molecule has 0 heterocycles. The number of aliphatic hydroxyl groups excluding tert-OH is 1. The van der Waals surface area contributed by atoms with Gasteiger partial charge in [0, 0.05) is 0 Å². The van der Waals surface area contributed by atoms with E-state index in [-0.39, 0.29) is 12.6 Å². The highest BCUT2D eigenvalue weighted by molar-refractivity contribution is 5.89. The van der Waals surface area contributed by atoms with Gasteiger partial charge >= 0.3 is 5.97 Å². The van der Waals surface area contributed by atoms with Gasteiger partial charge in [-0.2, -0.15) is 0 Å². The van der Waals surface area contributed by atoms with Crippen molar-refractivity contribution < 1.29 is 14.6 Å². The molecule has 1 fully saturated rings. The molecule has 0 atom stereocenters. The summed E-state index contributed by atoms with van der Waals surface area (Å²) in [5.41, 5.74) is 2.59. The number of methoxy groups -OCH3 is 1. The number of rotatable bonds is 3. The molecular weight excluding hydrogens is 192 g/mol. The summed E-state index contributed by atoms with van der Waals surface area (Å²) in [6.07, 6.45) is 2.30. The Labute approximate surface area is 88.7 Å². The van der Waals surface area contributed by atoms with Crippen molar-refractivity contribution in [2.24, 2.45) is 0 Å². The first-order valence-corrected chi connectivity index (χ1v) is 5.08. The lowest BCUT2D eigenvalue weighted by molar-refractivity contribution is 0.0600. The summed E-state index contributed by atoms with van der Waals surface area (Å²) in [7, 11) is 1.37. The van der Waals surface area contributed by atoms with Crippen molar-refractivity contribution in [3.05, 3.63) is 34.9 Å². The molecule has 0 radical (unpaired) electrons. The summed E-state index contributed by atoms with van der Waals surface area (Å²) in [4.78, 5) is 11.3. The summed E-state index contributed by atoms with van der Waals surface area (Å²) >= 11 is 0. The highest BCUT2D eigenvalue weighted by Gasteiger charge is 2.26. The van der Waals surface area contributed by atoms with Gasteiger partial charge < -0.3 is 9.84 Å². The second-order valence-corrected chi connectivity index (χ2v) is 3.84. The molecule has 0 bridgehead atoms. The standard InChI is InChI=1S/C12H14O3/c1-15-12(14)9-4-5-10(7-13)11(6-9)8-2-3-8/h4-6,8,13H,2-3,7H2,1H3. The minimum atomic E-state index is -0.318. The Balaban J connectivity index is 2.36. The molecule has 0 aromatic heterocycles. The summed E-state index contributed by atoms with van der Waals surface area (Å²) in [5.74, 6) is 0.207. The van der Waals surface area contributed by atoms with Crippen molar-refractivity contribution in [2.45, 2.75) is 25.4 Å². The topological polar surface area (TPSA) is 46.5 Å². The zero-order valence-corrected chi connectivity index (χ0v) is 8.69. The maximum absolute atomic E-state index is 11.3. The fraction of sp³-hybridized carbons (Fsp3) is 0.417. The first-order chi connectivity index (χ1) is 7.26. The second kappa shape index (κ2) is 4.03. The summed E-state index contributed by atoms with van der Waals surface area (Å²) in [6, 6.07) is 5.35. The maximum Gasteiger partial charge on any atom is 0.337 e. The zero-order valence-electron chi connectivity index (χ0n) is 8.69. The molecule has 80 valence electrons. The highest BCUT2D eigenvalue weighted by atomic mass is 16.5. The Morgan fingerprint density at radius 3 is 2.80 bits per heavy atom. The molecule has 3 heteroatoms. The first kappa shape index (κ1) is 10.2. The van der Waals surface area contributed by atoms with Crippen LogP contribution in [0.25, 0.3) is 0 Å². The normalized spacial score (nSPS) is 15.1. The van der Waals surface area contributed by atoms with Crippen LogP contribution < -0.4 is 0 Å². The molecule has 1 aromatic rings. The van der Waals surface area contributed by atoms with E-state index in [4.69, 9.17) is 5.11 Å². The van der Waals surface area contributed by atoms with Crippen LogP contribution in [0.1, 0.15) is 40.2 Å². The number of hydrogen-bond acceptors (Lipinski definition) is 3. The van der Waals surface area contributed by atoms with Crippen LogP contribution >= 0.6 is 0 Å². The van der Waals surface area contributed by atoms with Crippen LogP contribution in [-0.4, -0.2) is 18.2 Å². The van der Waals surface area contributed by atoms with E-state index in [2.05, 4.69) is 4.74 Å². The molecule has 0 amide bonds. The van der Waals surface area contributed by atoms with Crippen molar-refractivity contribution in [1.82, 2.24) is 0 Å². The maximum atomic E-state index is 11.3. The first-order valence-electron chi connectivity index (χ1n) is 5.08. The third-order valence-electron chi connectivity index (χ3n) is 2.75. The second-order valence-electron chi connectivity index (χ2n) is 3.84. The lowest BCUT2D eigenvalue weighted by Crippen LogP contribution is -2.03. The predicted molar refractivity (Wildman–Crippen MR) is 55.7 cm³/mol. The third-order valence-corrected chi connectivity index (χ3v) is 2.75. The summed E-state index contributed by atoms with van der Waals surface area (Å²) in [6.45, 7) is 0.0350. The Hall–Kier alpha value is -1.35. The molecule has 0 unspecified atom stereocenters. The smallest absolute Gasteiger partial charge is 0.337 e. The average molecular weight is 206 g/mol. The molecule has 1 aromatic carbocycles. The Morgan fingerprint density at radius 2 is 2.27 bits per heavy atom. The largest absolute Gasteiger partial charge is 0.465 e. The predicted octanol–water partition coefficient (Wildman–Crippen LogP) is 1.84. The lowest BCUT2D eigenvalue weighted by atomic mass is 10.0. The number of aliphatic hydroxyl groups is 1. The molecule has 1 aliphatic rings. The van der Waals surface area contributed by atoms with E-state index < -0.39 is 0 Å². The minimum absolute atomic E-state index is 0.0350. The fourth-order valence-corrected chi connectivity index (χ4v) is 1.76. The molecule has 1 aliphatic carbocycles. The van der Waals surface area contributed by atoms with E-state index in [0.717, 1.165) is 24.0 Å². The molecule has 0 spiro atoms. The van der Waals surface area contributed by atoms with E-state index in [1.807, 2.05) is 6.07 Å². The van der Waals surface area contributed by atoms with E-state index in [1.165, 1.54) is 7.11 Å². The van der Waals surface area contributed by atoms with Crippen LogP contribution in [0.2, 0.25) is 0 Å². The van der Waals surface area contributed by atoms with Gasteiger partial charge in [-0.05, 0) is 42.0 Å². The van der Waals surface area contributed by atoms with Gasteiger partial charge in [0.1, 0.15) is 0 Å². The molecule has 0 saturated heterocycles. The van der Waals surface area contributed by atoms with Crippen molar-refractivity contribution >= 4 is 5.97 Å². The molecular formula is C12H14O3. The third kappa shape index (κ3) is 2.02. The van der Waals surface area contributed by atoms with Crippen LogP contribution in [0.15, 0.2) is 18.2 Å². The van der Waals surface area contributed by atoms with Crippen molar-refractivity contribution in [1.29, 1.82) is 0 Å². The minimum Gasteiger partial charge on any atom is -0.465 e. The van der Waals surface area contributed by atoms with Gasteiger partial charge in [-0.1, -0.05) is 6.07 Å². The van der Waals surface area contributed by atoms with E-state index in [9.17, 15) is 4.79 Å². The monoisotopic (exact) mass is 206 g/mol. The van der Waals surface area contributed by atoms with Crippen LogP contribution in [0.5, 0.6) is 0 Å². The van der Waals surface area contributed by atoms with E-state index in [1.54, 1.807) is 12.1 Å². The number of esters is 1. The molecule has 1 N–H and O–H groups in total. The average Bonchev–Trinajstić information content (AvgIpc) is 3.11. The summed E-state index contributed by atoms with van der Waals surface area (Å²) < 4.78 is 4.66. The van der Waals surface area contributed by atoms with Crippen LogP contribution in [-0.2, 0) is 11.3 Å². The molecule has 1 saturated carbocycles.